The minimum atomic E-state index is -0.467. The fraction of sp³-hybridized carbons (Fsp3) is 0.176. The number of carbonyl (C=O) groups excluding carboxylic acids is 2. The number of benzene rings is 1. The predicted molar refractivity (Wildman–Crippen MR) is 87.7 cm³/mol. The number of nitrogens with zero attached hydrogens (tertiary/aromatic N) is 2. The van der Waals surface area contributed by atoms with Crippen LogP contribution >= 0.6 is 0 Å². The van der Waals surface area contributed by atoms with Crippen molar-refractivity contribution in [3.8, 4) is 0 Å². The van der Waals surface area contributed by atoms with Gasteiger partial charge in [0.15, 0.2) is 0 Å². The quantitative estimate of drug-likeness (QED) is 0.629. The Balaban J connectivity index is 1.79. The van der Waals surface area contributed by atoms with Crippen LogP contribution in [-0.2, 0) is 11.3 Å². The van der Waals surface area contributed by atoms with Crippen molar-refractivity contribution in [3.63, 3.8) is 0 Å². The number of hydrogen-bond donors (Lipinski definition) is 2. The summed E-state index contributed by atoms with van der Waals surface area (Å²) in [6, 6.07) is 8.75. The molecule has 1 aromatic carbocycles. The van der Waals surface area contributed by atoms with Gasteiger partial charge in [-0.2, -0.15) is 5.10 Å². The number of hydrogen-bond acceptors (Lipinski definition) is 4. The number of carbonyl (C=O) groups is 2. The van der Waals surface area contributed by atoms with Crippen molar-refractivity contribution in [2.75, 3.05) is 0 Å². The topological polar surface area (TPSA) is 83.4 Å². The Labute approximate surface area is 138 Å². The Morgan fingerprint density at radius 1 is 1.21 bits per heavy atom. The fourth-order valence-corrected chi connectivity index (χ4v) is 1.85. The molecule has 0 bridgehead atoms. The highest BCUT2D eigenvalue weighted by Gasteiger charge is 2.07. The molecule has 0 spiro atoms. The molecule has 2 rings (SSSR count). The molecule has 1 heterocycles. The van der Waals surface area contributed by atoms with E-state index < -0.39 is 11.7 Å². The third-order valence-corrected chi connectivity index (χ3v) is 3.08. The van der Waals surface area contributed by atoms with Crippen LogP contribution in [0.3, 0.4) is 0 Å². The first kappa shape index (κ1) is 17.3. The van der Waals surface area contributed by atoms with E-state index in [-0.39, 0.29) is 17.9 Å². The Kier molecular flexibility index (Phi) is 6.13. The number of pyridine rings is 1. The van der Waals surface area contributed by atoms with Crippen LogP contribution < -0.4 is 10.7 Å². The lowest BCUT2D eigenvalue weighted by atomic mass is 10.2. The zero-order valence-corrected chi connectivity index (χ0v) is 13.1. The molecular formula is C17H17FN4O2. The van der Waals surface area contributed by atoms with Gasteiger partial charge in [0.05, 0.1) is 6.42 Å². The molecule has 2 aromatic rings. The lowest BCUT2D eigenvalue weighted by molar-refractivity contribution is -0.120. The van der Waals surface area contributed by atoms with Crippen LogP contribution in [0.2, 0.25) is 0 Å². The zero-order valence-electron chi connectivity index (χ0n) is 13.1. The van der Waals surface area contributed by atoms with Gasteiger partial charge in [-0.25, -0.2) is 9.82 Å². The minimum absolute atomic E-state index is 0.0595. The molecule has 0 atom stereocenters. The Bertz CT molecular complexity index is 730. The van der Waals surface area contributed by atoms with Crippen LogP contribution in [0, 0.1) is 5.82 Å². The monoisotopic (exact) mass is 328 g/mol. The van der Waals surface area contributed by atoms with Gasteiger partial charge in [0, 0.05) is 30.2 Å². The second kappa shape index (κ2) is 8.52. The Morgan fingerprint density at radius 3 is 2.62 bits per heavy atom. The van der Waals surface area contributed by atoms with Gasteiger partial charge < -0.3 is 5.32 Å². The van der Waals surface area contributed by atoms with E-state index in [1.807, 2.05) is 6.07 Å². The normalized spacial score (nSPS) is 11.0. The van der Waals surface area contributed by atoms with Gasteiger partial charge in [0.1, 0.15) is 5.82 Å². The highest BCUT2D eigenvalue weighted by atomic mass is 19.1. The van der Waals surface area contributed by atoms with E-state index in [1.54, 1.807) is 25.4 Å². The standard InChI is InChI=1S/C17H17FN4O2/c1-12(9-16(23)20-11-13-3-2-8-19-10-13)21-22-17(24)14-4-6-15(18)7-5-14/h2-8,10H,9,11H2,1H3,(H,20,23)(H,22,24)/b21-12+. The summed E-state index contributed by atoms with van der Waals surface area (Å²) < 4.78 is 12.8. The SMILES string of the molecule is C/C(CC(=O)NCc1cccnc1)=N\NC(=O)c1ccc(F)cc1. The molecule has 0 unspecified atom stereocenters. The fourth-order valence-electron chi connectivity index (χ4n) is 1.85. The molecular weight excluding hydrogens is 311 g/mol. The van der Waals surface area contributed by atoms with Crippen LogP contribution in [0.1, 0.15) is 29.3 Å². The van der Waals surface area contributed by atoms with Gasteiger partial charge in [-0.05, 0) is 42.8 Å². The highest BCUT2D eigenvalue weighted by Crippen LogP contribution is 2.02. The number of amides is 2. The van der Waals surface area contributed by atoms with E-state index in [0.29, 0.717) is 12.3 Å². The zero-order chi connectivity index (χ0) is 17.4. The van der Waals surface area contributed by atoms with Crippen molar-refractivity contribution in [2.45, 2.75) is 19.9 Å². The summed E-state index contributed by atoms with van der Waals surface area (Å²) >= 11 is 0. The molecule has 124 valence electrons. The number of aromatic nitrogens is 1. The minimum Gasteiger partial charge on any atom is -0.352 e. The number of hydrazone groups is 1. The second-order valence-electron chi connectivity index (χ2n) is 5.11. The second-order valence-corrected chi connectivity index (χ2v) is 5.11. The van der Waals surface area contributed by atoms with Crippen LogP contribution in [-0.4, -0.2) is 22.5 Å². The van der Waals surface area contributed by atoms with Gasteiger partial charge in [-0.1, -0.05) is 6.07 Å². The van der Waals surface area contributed by atoms with Crippen molar-refractivity contribution in [1.82, 2.24) is 15.7 Å². The molecule has 6 nitrogen and oxygen atoms in total. The highest BCUT2D eigenvalue weighted by molar-refractivity contribution is 6.01. The van der Waals surface area contributed by atoms with E-state index >= 15 is 0 Å². The number of rotatable bonds is 6. The van der Waals surface area contributed by atoms with Crippen molar-refractivity contribution in [1.29, 1.82) is 0 Å². The molecule has 0 aliphatic rings. The summed E-state index contributed by atoms with van der Waals surface area (Å²) in [6.45, 7) is 2.01. The molecule has 0 aliphatic carbocycles. The molecule has 2 N–H and O–H groups in total. The largest absolute Gasteiger partial charge is 0.352 e. The van der Waals surface area contributed by atoms with Gasteiger partial charge in [0.25, 0.3) is 5.91 Å². The van der Waals surface area contributed by atoms with Crippen LogP contribution in [0.15, 0.2) is 53.9 Å². The first-order chi connectivity index (χ1) is 11.5. The van der Waals surface area contributed by atoms with E-state index in [1.165, 1.54) is 24.3 Å². The maximum atomic E-state index is 12.8. The smallest absolute Gasteiger partial charge is 0.271 e. The molecule has 0 radical (unpaired) electrons. The van der Waals surface area contributed by atoms with Crippen LogP contribution in [0.4, 0.5) is 4.39 Å². The molecule has 0 fully saturated rings. The van der Waals surface area contributed by atoms with Crippen LogP contribution in [0.25, 0.3) is 0 Å². The lowest BCUT2D eigenvalue weighted by Crippen LogP contribution is -2.26. The summed E-state index contributed by atoms with van der Waals surface area (Å²) in [5, 5.41) is 6.61. The average Bonchev–Trinajstić information content (AvgIpc) is 2.59. The molecule has 7 heteroatoms. The van der Waals surface area contributed by atoms with Crippen LogP contribution in [0.5, 0.6) is 0 Å². The molecule has 0 aliphatic heterocycles. The molecule has 0 saturated heterocycles. The summed E-state index contributed by atoms with van der Waals surface area (Å²) in [6.07, 6.45) is 3.39. The number of halogens is 1. The molecule has 0 saturated carbocycles. The van der Waals surface area contributed by atoms with E-state index in [9.17, 15) is 14.0 Å². The average molecular weight is 328 g/mol. The molecule has 24 heavy (non-hydrogen) atoms. The first-order valence-electron chi connectivity index (χ1n) is 7.29. The van der Waals surface area contributed by atoms with Gasteiger partial charge in [0.2, 0.25) is 5.91 Å². The summed E-state index contributed by atoms with van der Waals surface area (Å²) in [4.78, 5) is 27.6. The maximum absolute atomic E-state index is 12.8. The van der Waals surface area contributed by atoms with Gasteiger partial charge in [-0.3, -0.25) is 14.6 Å². The van der Waals surface area contributed by atoms with Crippen molar-refractivity contribution < 1.29 is 14.0 Å². The lowest BCUT2D eigenvalue weighted by Gasteiger charge is -2.05. The number of nitrogens with one attached hydrogen (secondary N) is 2. The third-order valence-electron chi connectivity index (χ3n) is 3.08. The van der Waals surface area contributed by atoms with E-state index in [2.05, 4.69) is 20.8 Å². The summed E-state index contributed by atoms with van der Waals surface area (Å²) in [5.41, 5.74) is 3.97. The van der Waals surface area contributed by atoms with E-state index in [0.717, 1.165) is 5.56 Å². The van der Waals surface area contributed by atoms with E-state index in [4.69, 9.17) is 0 Å². The van der Waals surface area contributed by atoms with Crippen molar-refractivity contribution >= 4 is 17.5 Å². The molecule has 2 amide bonds. The van der Waals surface area contributed by atoms with Gasteiger partial charge in [-0.15, -0.1) is 0 Å². The maximum Gasteiger partial charge on any atom is 0.271 e. The third kappa shape index (κ3) is 5.60. The van der Waals surface area contributed by atoms with Gasteiger partial charge >= 0.3 is 0 Å². The predicted octanol–water partition coefficient (Wildman–Crippen LogP) is 2.03. The summed E-state index contributed by atoms with van der Waals surface area (Å²) in [5.74, 6) is -1.10. The first-order valence-corrected chi connectivity index (χ1v) is 7.29. The Hall–Kier alpha value is -3.09. The molecule has 1 aromatic heterocycles. The van der Waals surface area contributed by atoms with Crippen molar-refractivity contribution in [2.24, 2.45) is 5.10 Å². The van der Waals surface area contributed by atoms with Crippen molar-refractivity contribution in [3.05, 3.63) is 65.7 Å². The Morgan fingerprint density at radius 2 is 1.96 bits per heavy atom. The summed E-state index contributed by atoms with van der Waals surface area (Å²) in [7, 11) is 0.